The predicted octanol–water partition coefficient (Wildman–Crippen LogP) is 7.69. The summed E-state index contributed by atoms with van der Waals surface area (Å²) in [5, 5.41) is 24.5. The van der Waals surface area contributed by atoms with Crippen LogP contribution in [0.3, 0.4) is 0 Å². The number of sulfone groups is 1. The van der Waals surface area contributed by atoms with Crippen molar-refractivity contribution in [3.8, 4) is 11.5 Å². The highest BCUT2D eigenvalue weighted by Gasteiger charge is 2.23. The van der Waals surface area contributed by atoms with Crippen LogP contribution in [-0.4, -0.2) is 24.5 Å². The molecule has 1 amide bonds. The molecular weight excluding hydrogens is 569 g/mol. The van der Waals surface area contributed by atoms with Crippen LogP contribution in [-0.2, 0) is 21.7 Å². The monoisotopic (exact) mass is 597 g/mol. The molecule has 0 bridgehead atoms. The summed E-state index contributed by atoms with van der Waals surface area (Å²) in [5.74, 6) is -1.21. The summed E-state index contributed by atoms with van der Waals surface area (Å²) in [6.45, 7) is 7.88. The van der Waals surface area contributed by atoms with E-state index < -0.39 is 15.7 Å². The van der Waals surface area contributed by atoms with Crippen molar-refractivity contribution in [2.24, 2.45) is 0 Å². The molecule has 4 aromatic carbocycles. The van der Waals surface area contributed by atoms with Gasteiger partial charge >= 0.3 is 0 Å². The molecule has 0 aliphatic carbocycles. The second kappa shape index (κ2) is 11.2. The molecular formula is C31H29Cl2NO5S. The van der Waals surface area contributed by atoms with Crippen molar-refractivity contribution in [1.82, 2.24) is 0 Å². The molecule has 4 aromatic rings. The molecule has 6 nitrogen and oxygen atoms in total. The average molecular weight is 599 g/mol. The molecule has 4 rings (SSSR count). The lowest BCUT2D eigenvalue weighted by atomic mass is 9.86. The number of halogens is 2. The van der Waals surface area contributed by atoms with Gasteiger partial charge in [0.2, 0.25) is 9.84 Å². The summed E-state index contributed by atoms with van der Waals surface area (Å²) in [5.41, 5.74) is 2.65. The van der Waals surface area contributed by atoms with Crippen LogP contribution in [0.1, 0.15) is 53.4 Å². The Hall–Kier alpha value is -3.52. The maximum absolute atomic E-state index is 13.3. The molecule has 0 saturated heterocycles. The summed E-state index contributed by atoms with van der Waals surface area (Å²) < 4.78 is 26.3. The number of nitrogens with one attached hydrogen (secondary N) is 1. The second-order valence-electron chi connectivity index (χ2n) is 10.6. The SMILES string of the molecule is Cc1c(O)c(Cc2ccc(C(C)(C)C)cc2)cc(C(=O)Nc2cc(S(=O)(=O)c3ccc(Cl)cc3)ccc2Cl)c1O. The van der Waals surface area contributed by atoms with Crippen LogP contribution in [0, 0.1) is 6.92 Å². The van der Waals surface area contributed by atoms with Gasteiger partial charge < -0.3 is 15.5 Å². The minimum absolute atomic E-state index is 0.00617. The van der Waals surface area contributed by atoms with Gasteiger partial charge in [-0.05, 0) is 77.6 Å². The number of rotatable bonds is 6. The number of phenolic OH excluding ortho intramolecular Hbond substituents is 2. The highest BCUT2D eigenvalue weighted by atomic mass is 35.5. The molecule has 0 aliphatic heterocycles. The number of aromatic hydroxyl groups is 2. The average Bonchev–Trinajstić information content (AvgIpc) is 2.90. The van der Waals surface area contributed by atoms with Gasteiger partial charge in [0.15, 0.2) is 0 Å². The number of amides is 1. The molecule has 0 aromatic heterocycles. The standard InChI is InChI=1S/C31H29Cl2NO5S/c1-18-28(35)20(15-19-5-7-21(8-6-19)31(2,3)4)16-25(29(18)36)30(37)34-27-17-24(13-14-26(27)33)40(38,39)23-11-9-22(32)10-12-23/h5-14,16-17,35-36H,15H2,1-4H3,(H,34,37). The van der Waals surface area contributed by atoms with Crippen molar-refractivity contribution in [3.63, 3.8) is 0 Å². The lowest BCUT2D eigenvalue weighted by Crippen LogP contribution is -2.14. The number of benzene rings is 4. The van der Waals surface area contributed by atoms with Crippen molar-refractivity contribution in [2.75, 3.05) is 5.32 Å². The van der Waals surface area contributed by atoms with Crippen LogP contribution in [0.5, 0.6) is 11.5 Å². The Balaban J connectivity index is 1.65. The smallest absolute Gasteiger partial charge is 0.259 e. The molecule has 0 saturated carbocycles. The summed E-state index contributed by atoms with van der Waals surface area (Å²) in [6.07, 6.45) is 0.327. The van der Waals surface area contributed by atoms with E-state index in [0.717, 1.165) is 5.56 Å². The fourth-order valence-electron chi connectivity index (χ4n) is 4.22. The Morgan fingerprint density at radius 2 is 1.45 bits per heavy atom. The molecule has 9 heteroatoms. The number of carbonyl (C=O) groups excluding carboxylic acids is 1. The first kappa shape index (κ1) is 29.5. The van der Waals surface area contributed by atoms with Gasteiger partial charge in [0.25, 0.3) is 5.91 Å². The fourth-order valence-corrected chi connectivity index (χ4v) is 5.80. The van der Waals surface area contributed by atoms with Gasteiger partial charge in [0.05, 0.1) is 26.1 Å². The van der Waals surface area contributed by atoms with E-state index in [1.54, 1.807) is 0 Å². The summed E-state index contributed by atoms with van der Waals surface area (Å²) >= 11 is 12.2. The van der Waals surface area contributed by atoms with Crippen molar-refractivity contribution in [2.45, 2.75) is 49.3 Å². The van der Waals surface area contributed by atoms with Crippen LogP contribution in [0.25, 0.3) is 0 Å². The van der Waals surface area contributed by atoms with Crippen molar-refractivity contribution >= 4 is 44.6 Å². The predicted molar refractivity (Wildman–Crippen MR) is 159 cm³/mol. The zero-order chi connectivity index (χ0) is 29.4. The lowest BCUT2D eigenvalue weighted by Gasteiger charge is -2.19. The highest BCUT2D eigenvalue weighted by molar-refractivity contribution is 7.91. The van der Waals surface area contributed by atoms with Crippen LogP contribution < -0.4 is 5.32 Å². The molecule has 0 spiro atoms. The Kier molecular flexibility index (Phi) is 8.22. The molecule has 0 fully saturated rings. The van der Waals surface area contributed by atoms with Crippen molar-refractivity contribution in [3.05, 3.63) is 111 Å². The Morgan fingerprint density at radius 3 is 2.05 bits per heavy atom. The third-order valence-electron chi connectivity index (χ3n) is 6.67. The topological polar surface area (TPSA) is 104 Å². The Bertz CT molecular complexity index is 1690. The third-order valence-corrected chi connectivity index (χ3v) is 9.02. The molecule has 0 atom stereocenters. The molecule has 208 valence electrons. The van der Waals surface area contributed by atoms with Crippen LogP contribution in [0.2, 0.25) is 10.0 Å². The van der Waals surface area contributed by atoms with E-state index >= 15 is 0 Å². The molecule has 0 aliphatic rings. The normalized spacial score (nSPS) is 11.8. The fraction of sp³-hybridized carbons (Fsp3) is 0.194. The van der Waals surface area contributed by atoms with E-state index in [2.05, 4.69) is 26.1 Å². The summed E-state index contributed by atoms with van der Waals surface area (Å²) in [6, 6.07) is 19.1. The second-order valence-corrected chi connectivity index (χ2v) is 13.4. The van der Waals surface area contributed by atoms with Crippen molar-refractivity contribution < 1.29 is 23.4 Å². The van der Waals surface area contributed by atoms with Gasteiger partial charge in [0, 0.05) is 17.0 Å². The summed E-state index contributed by atoms with van der Waals surface area (Å²) in [7, 11) is -3.92. The first-order chi connectivity index (χ1) is 18.7. The van der Waals surface area contributed by atoms with E-state index in [9.17, 15) is 23.4 Å². The third kappa shape index (κ3) is 6.12. The van der Waals surface area contributed by atoms with Gasteiger partial charge in [-0.25, -0.2) is 8.42 Å². The Morgan fingerprint density at radius 1 is 0.850 bits per heavy atom. The van der Waals surface area contributed by atoms with Crippen LogP contribution in [0.4, 0.5) is 5.69 Å². The summed E-state index contributed by atoms with van der Waals surface area (Å²) in [4.78, 5) is 13.3. The van der Waals surface area contributed by atoms with E-state index in [0.29, 0.717) is 17.0 Å². The quantitative estimate of drug-likeness (QED) is 0.211. The van der Waals surface area contributed by atoms with E-state index in [4.69, 9.17) is 23.2 Å². The number of carbonyl (C=O) groups is 1. The maximum atomic E-state index is 13.3. The van der Waals surface area contributed by atoms with Crippen LogP contribution >= 0.6 is 23.2 Å². The number of phenols is 2. The van der Waals surface area contributed by atoms with Crippen LogP contribution in [0.15, 0.2) is 82.6 Å². The molecule has 40 heavy (non-hydrogen) atoms. The molecule has 0 radical (unpaired) electrons. The largest absolute Gasteiger partial charge is 0.507 e. The number of hydrogen-bond acceptors (Lipinski definition) is 5. The van der Waals surface area contributed by atoms with Gasteiger partial charge in [-0.15, -0.1) is 0 Å². The minimum atomic E-state index is -3.92. The Labute approximate surface area is 244 Å². The van der Waals surface area contributed by atoms with E-state index in [1.807, 2.05) is 24.3 Å². The van der Waals surface area contributed by atoms with Gasteiger partial charge in [-0.2, -0.15) is 0 Å². The molecule has 0 heterocycles. The van der Waals surface area contributed by atoms with E-state index in [1.165, 1.54) is 61.0 Å². The van der Waals surface area contributed by atoms with Gasteiger partial charge in [-0.1, -0.05) is 68.2 Å². The number of anilines is 1. The zero-order valence-electron chi connectivity index (χ0n) is 22.4. The maximum Gasteiger partial charge on any atom is 0.259 e. The van der Waals surface area contributed by atoms with Crippen molar-refractivity contribution in [1.29, 1.82) is 0 Å². The van der Waals surface area contributed by atoms with Gasteiger partial charge in [0.1, 0.15) is 11.5 Å². The zero-order valence-corrected chi connectivity index (χ0v) is 24.7. The lowest BCUT2D eigenvalue weighted by molar-refractivity contribution is 0.102. The first-order valence-electron chi connectivity index (χ1n) is 12.4. The molecule has 3 N–H and O–H groups in total. The number of hydrogen-bond donors (Lipinski definition) is 3. The molecule has 0 unspecified atom stereocenters. The first-order valence-corrected chi connectivity index (χ1v) is 14.7. The minimum Gasteiger partial charge on any atom is -0.507 e. The van der Waals surface area contributed by atoms with E-state index in [-0.39, 0.29) is 48.5 Å². The van der Waals surface area contributed by atoms with Gasteiger partial charge in [-0.3, -0.25) is 4.79 Å². The highest BCUT2D eigenvalue weighted by Crippen LogP contribution is 2.36.